The number of rotatable bonds is 9. The van der Waals surface area contributed by atoms with Crippen molar-refractivity contribution in [3.63, 3.8) is 0 Å². The van der Waals surface area contributed by atoms with Gasteiger partial charge in [-0.1, -0.05) is 32.4 Å². The van der Waals surface area contributed by atoms with E-state index in [1.165, 1.54) is 22.6 Å². The Morgan fingerprint density at radius 2 is 1.85 bits per heavy atom. The first kappa shape index (κ1) is 21.1. The van der Waals surface area contributed by atoms with Gasteiger partial charge in [-0.2, -0.15) is 0 Å². The standard InChI is InChI=1S/C21H27FN2O2S/c1-4-7-18-16(5-2)12-19(27-18)21(26)24(6-3)14-20(25)23-13-15-8-10-17(22)11-9-15/h8-12H,4-7,13-14H2,1-3H3,(H,23,25). The van der Waals surface area contributed by atoms with Gasteiger partial charge in [0.05, 0.1) is 11.4 Å². The van der Waals surface area contributed by atoms with E-state index in [0.29, 0.717) is 18.0 Å². The van der Waals surface area contributed by atoms with Crippen LogP contribution in [0.25, 0.3) is 0 Å². The summed E-state index contributed by atoms with van der Waals surface area (Å²) in [6, 6.07) is 7.95. The summed E-state index contributed by atoms with van der Waals surface area (Å²) in [7, 11) is 0. The van der Waals surface area contributed by atoms with Gasteiger partial charge in [-0.15, -0.1) is 11.3 Å². The van der Waals surface area contributed by atoms with Crippen molar-refractivity contribution < 1.29 is 14.0 Å². The lowest BCUT2D eigenvalue weighted by molar-refractivity contribution is -0.121. The van der Waals surface area contributed by atoms with E-state index >= 15 is 0 Å². The number of carbonyl (C=O) groups is 2. The fourth-order valence-electron chi connectivity index (χ4n) is 2.82. The molecule has 0 aliphatic rings. The summed E-state index contributed by atoms with van der Waals surface area (Å²) in [4.78, 5) is 28.6. The molecule has 0 saturated heterocycles. The highest BCUT2D eigenvalue weighted by molar-refractivity contribution is 7.14. The van der Waals surface area contributed by atoms with Crippen LogP contribution in [0.1, 0.15) is 52.9 Å². The van der Waals surface area contributed by atoms with Gasteiger partial charge in [0.15, 0.2) is 0 Å². The third-order valence-corrected chi connectivity index (χ3v) is 5.60. The normalized spacial score (nSPS) is 10.7. The maximum atomic E-state index is 12.9. The number of aryl methyl sites for hydroxylation is 2. The molecule has 0 aliphatic heterocycles. The van der Waals surface area contributed by atoms with Gasteiger partial charge in [0.25, 0.3) is 5.91 Å². The molecule has 1 aromatic carbocycles. The van der Waals surface area contributed by atoms with Crippen LogP contribution in [0.2, 0.25) is 0 Å². The van der Waals surface area contributed by atoms with E-state index in [1.807, 2.05) is 13.0 Å². The monoisotopic (exact) mass is 390 g/mol. The molecule has 6 heteroatoms. The third kappa shape index (κ3) is 5.89. The topological polar surface area (TPSA) is 49.4 Å². The highest BCUT2D eigenvalue weighted by atomic mass is 32.1. The second-order valence-corrected chi connectivity index (χ2v) is 7.52. The minimum atomic E-state index is -0.308. The van der Waals surface area contributed by atoms with Crippen molar-refractivity contribution >= 4 is 23.2 Å². The summed E-state index contributed by atoms with van der Waals surface area (Å²) in [6.45, 7) is 6.88. The van der Waals surface area contributed by atoms with Gasteiger partial charge in [0, 0.05) is 18.0 Å². The molecule has 0 bridgehead atoms. The Hall–Kier alpha value is -2.21. The minimum absolute atomic E-state index is 0.0129. The van der Waals surface area contributed by atoms with Crippen LogP contribution in [0.3, 0.4) is 0 Å². The van der Waals surface area contributed by atoms with Crippen LogP contribution >= 0.6 is 11.3 Å². The molecule has 0 aliphatic carbocycles. The first-order valence-electron chi connectivity index (χ1n) is 9.40. The van der Waals surface area contributed by atoms with Gasteiger partial charge < -0.3 is 10.2 Å². The molecule has 1 N–H and O–H groups in total. The molecule has 2 amide bonds. The zero-order chi connectivity index (χ0) is 19.8. The minimum Gasteiger partial charge on any atom is -0.350 e. The van der Waals surface area contributed by atoms with E-state index in [1.54, 1.807) is 28.4 Å². The van der Waals surface area contributed by atoms with Crippen LogP contribution in [-0.4, -0.2) is 29.8 Å². The lowest BCUT2D eigenvalue weighted by Gasteiger charge is -2.19. The molecule has 1 heterocycles. The maximum Gasteiger partial charge on any atom is 0.264 e. The number of amides is 2. The van der Waals surface area contributed by atoms with Gasteiger partial charge in [-0.05, 0) is 49.1 Å². The lowest BCUT2D eigenvalue weighted by Crippen LogP contribution is -2.40. The molecule has 0 saturated carbocycles. The van der Waals surface area contributed by atoms with Crippen LogP contribution in [0, 0.1) is 5.82 Å². The van der Waals surface area contributed by atoms with Crippen molar-refractivity contribution in [1.82, 2.24) is 10.2 Å². The average molecular weight is 391 g/mol. The van der Waals surface area contributed by atoms with Crippen LogP contribution in [0.5, 0.6) is 0 Å². The molecule has 0 spiro atoms. The molecule has 1 aromatic heterocycles. The van der Waals surface area contributed by atoms with Crippen LogP contribution in [0.15, 0.2) is 30.3 Å². The third-order valence-electron chi connectivity index (χ3n) is 4.37. The summed E-state index contributed by atoms with van der Waals surface area (Å²) in [6.07, 6.45) is 2.93. The van der Waals surface area contributed by atoms with Gasteiger partial charge in [-0.3, -0.25) is 9.59 Å². The molecule has 0 unspecified atom stereocenters. The molecule has 0 atom stereocenters. The largest absolute Gasteiger partial charge is 0.350 e. The summed E-state index contributed by atoms with van der Waals surface area (Å²) < 4.78 is 12.9. The quantitative estimate of drug-likeness (QED) is 0.698. The zero-order valence-corrected chi connectivity index (χ0v) is 17.0. The Balaban J connectivity index is 1.97. The second-order valence-electron chi connectivity index (χ2n) is 6.39. The molecular formula is C21H27FN2O2S. The maximum absolute atomic E-state index is 12.9. The van der Waals surface area contributed by atoms with Crippen molar-refractivity contribution in [3.8, 4) is 0 Å². The Morgan fingerprint density at radius 1 is 1.15 bits per heavy atom. The number of likely N-dealkylation sites (N-methyl/N-ethyl adjacent to an activating group) is 1. The van der Waals surface area contributed by atoms with Crippen molar-refractivity contribution in [1.29, 1.82) is 0 Å². The van der Waals surface area contributed by atoms with E-state index in [2.05, 4.69) is 19.2 Å². The van der Waals surface area contributed by atoms with Crippen LogP contribution < -0.4 is 5.32 Å². The summed E-state index contributed by atoms with van der Waals surface area (Å²) in [5.41, 5.74) is 2.04. The van der Waals surface area contributed by atoms with E-state index in [9.17, 15) is 14.0 Å². The average Bonchev–Trinajstić information content (AvgIpc) is 3.08. The van der Waals surface area contributed by atoms with Crippen LogP contribution in [0.4, 0.5) is 4.39 Å². The van der Waals surface area contributed by atoms with Crippen molar-refractivity contribution in [2.45, 2.75) is 46.6 Å². The number of hydrogen-bond acceptors (Lipinski definition) is 3. The fourth-order valence-corrected chi connectivity index (χ4v) is 4.15. The van der Waals surface area contributed by atoms with Crippen molar-refractivity contribution in [2.24, 2.45) is 0 Å². The van der Waals surface area contributed by atoms with E-state index < -0.39 is 0 Å². The Labute approximate surface area is 164 Å². The zero-order valence-electron chi connectivity index (χ0n) is 16.2. The molecule has 0 radical (unpaired) electrons. The first-order chi connectivity index (χ1) is 13.0. The van der Waals surface area contributed by atoms with E-state index in [4.69, 9.17) is 0 Å². The van der Waals surface area contributed by atoms with Gasteiger partial charge >= 0.3 is 0 Å². The molecule has 146 valence electrons. The number of hydrogen-bond donors (Lipinski definition) is 1. The van der Waals surface area contributed by atoms with Crippen molar-refractivity contribution in [2.75, 3.05) is 13.1 Å². The number of nitrogens with zero attached hydrogens (tertiary/aromatic N) is 1. The van der Waals surface area contributed by atoms with Gasteiger partial charge in [0.2, 0.25) is 5.91 Å². The lowest BCUT2D eigenvalue weighted by atomic mass is 10.1. The predicted molar refractivity (Wildman–Crippen MR) is 108 cm³/mol. The number of benzene rings is 1. The number of carbonyl (C=O) groups excluding carboxylic acids is 2. The van der Waals surface area contributed by atoms with Crippen LogP contribution in [-0.2, 0) is 24.2 Å². The number of halogens is 1. The van der Waals surface area contributed by atoms with E-state index in [-0.39, 0.29) is 24.2 Å². The summed E-state index contributed by atoms with van der Waals surface area (Å²) in [5, 5.41) is 2.79. The molecule has 27 heavy (non-hydrogen) atoms. The highest BCUT2D eigenvalue weighted by Crippen LogP contribution is 2.25. The Bertz CT molecular complexity index is 771. The first-order valence-corrected chi connectivity index (χ1v) is 10.2. The Morgan fingerprint density at radius 3 is 2.44 bits per heavy atom. The van der Waals surface area contributed by atoms with E-state index in [0.717, 1.165) is 24.8 Å². The molecule has 2 rings (SSSR count). The number of thiophene rings is 1. The Kier molecular flexibility index (Phi) is 7.98. The molecule has 4 nitrogen and oxygen atoms in total. The highest BCUT2D eigenvalue weighted by Gasteiger charge is 2.20. The van der Waals surface area contributed by atoms with Crippen molar-refractivity contribution in [3.05, 3.63) is 57.0 Å². The van der Waals surface area contributed by atoms with Gasteiger partial charge in [0.1, 0.15) is 5.82 Å². The predicted octanol–water partition coefficient (Wildman–Crippen LogP) is 4.18. The smallest absolute Gasteiger partial charge is 0.264 e. The summed E-state index contributed by atoms with van der Waals surface area (Å²) in [5.74, 6) is -0.635. The fraction of sp³-hybridized carbons (Fsp3) is 0.429. The van der Waals surface area contributed by atoms with Gasteiger partial charge in [-0.25, -0.2) is 4.39 Å². The molecule has 2 aromatic rings. The SMILES string of the molecule is CCCc1sc(C(=O)N(CC)CC(=O)NCc2ccc(F)cc2)cc1CC. The number of nitrogens with one attached hydrogen (secondary N) is 1. The second kappa shape index (κ2) is 10.2. The summed E-state index contributed by atoms with van der Waals surface area (Å²) >= 11 is 1.54. The molecule has 0 fully saturated rings. The molecular weight excluding hydrogens is 363 g/mol.